The molecule has 3 aliphatic rings. The topological polar surface area (TPSA) is 30.9 Å². The maximum Gasteiger partial charge on any atom is 0.158 e. The molecule has 2 aliphatic heterocycles. The van der Waals surface area contributed by atoms with E-state index in [0.717, 1.165) is 51.9 Å². The van der Waals surface area contributed by atoms with Gasteiger partial charge in [-0.3, -0.25) is 0 Å². The maximum absolute atomic E-state index is 5.55. The fourth-order valence-electron chi connectivity index (χ4n) is 3.46. The van der Waals surface area contributed by atoms with Crippen LogP contribution in [0.15, 0.2) is 24.3 Å². The van der Waals surface area contributed by atoms with Gasteiger partial charge in [0.05, 0.1) is 26.4 Å². The molecule has 4 nitrogen and oxygen atoms in total. The summed E-state index contributed by atoms with van der Waals surface area (Å²) in [6.07, 6.45) is 2.38. The summed E-state index contributed by atoms with van der Waals surface area (Å²) in [5, 5.41) is 0. The first kappa shape index (κ1) is 13.6. The molecule has 2 atom stereocenters. The molecule has 2 saturated heterocycles. The predicted octanol–water partition coefficient (Wildman–Crippen LogP) is 2.39. The third-order valence-corrected chi connectivity index (χ3v) is 4.81. The third kappa shape index (κ3) is 3.07. The van der Waals surface area contributed by atoms with Gasteiger partial charge < -0.3 is 19.1 Å². The average molecular weight is 289 g/mol. The summed E-state index contributed by atoms with van der Waals surface area (Å²) >= 11 is 0. The largest absolute Gasteiger partial charge is 0.378 e. The van der Waals surface area contributed by atoms with E-state index in [9.17, 15) is 0 Å². The van der Waals surface area contributed by atoms with Crippen molar-refractivity contribution in [1.82, 2.24) is 0 Å². The van der Waals surface area contributed by atoms with E-state index in [4.69, 9.17) is 14.2 Å². The van der Waals surface area contributed by atoms with Crippen LogP contribution in [-0.4, -0.2) is 45.8 Å². The molecular formula is C17H23NO3. The Bertz CT molecular complexity index is 463. The molecule has 0 N–H and O–H groups in total. The number of morpholine rings is 1. The lowest BCUT2D eigenvalue weighted by atomic mass is 10.1. The second-order valence-electron chi connectivity index (χ2n) is 6.20. The van der Waals surface area contributed by atoms with Crippen molar-refractivity contribution in [3.05, 3.63) is 29.8 Å². The summed E-state index contributed by atoms with van der Waals surface area (Å²) in [4.78, 5) is 2.40. The van der Waals surface area contributed by atoms with Crippen molar-refractivity contribution >= 4 is 5.69 Å². The van der Waals surface area contributed by atoms with E-state index in [0.29, 0.717) is 5.92 Å². The minimum Gasteiger partial charge on any atom is -0.378 e. The van der Waals surface area contributed by atoms with Gasteiger partial charge in [0.25, 0.3) is 0 Å². The first-order valence-electron chi connectivity index (χ1n) is 8.06. The molecule has 2 unspecified atom stereocenters. The third-order valence-electron chi connectivity index (χ3n) is 4.81. The lowest BCUT2D eigenvalue weighted by Gasteiger charge is -2.28. The number of ether oxygens (including phenoxy) is 3. The molecule has 1 aromatic carbocycles. The van der Waals surface area contributed by atoms with Gasteiger partial charge in [0.1, 0.15) is 0 Å². The van der Waals surface area contributed by atoms with E-state index in [2.05, 4.69) is 29.2 Å². The first-order valence-corrected chi connectivity index (χ1v) is 8.06. The molecule has 0 amide bonds. The fourth-order valence-corrected chi connectivity index (χ4v) is 3.46. The van der Waals surface area contributed by atoms with Gasteiger partial charge in [0.2, 0.25) is 0 Å². The molecule has 0 aromatic heterocycles. The maximum atomic E-state index is 5.55. The number of nitrogens with zero attached hydrogens (tertiary/aromatic N) is 1. The second kappa shape index (κ2) is 5.95. The van der Waals surface area contributed by atoms with Crippen LogP contribution in [0.2, 0.25) is 0 Å². The van der Waals surface area contributed by atoms with Gasteiger partial charge >= 0.3 is 0 Å². The number of hydrogen-bond acceptors (Lipinski definition) is 4. The minimum absolute atomic E-state index is 0.0487. The molecule has 4 heteroatoms. The molecule has 1 saturated carbocycles. The molecule has 4 rings (SSSR count). The molecule has 1 aromatic rings. The van der Waals surface area contributed by atoms with Crippen LogP contribution in [0.25, 0.3) is 0 Å². The van der Waals surface area contributed by atoms with Crippen LogP contribution in [0, 0.1) is 5.92 Å². The van der Waals surface area contributed by atoms with Gasteiger partial charge in [-0.15, -0.1) is 0 Å². The molecule has 2 heterocycles. The Labute approximate surface area is 126 Å². The molecule has 0 radical (unpaired) electrons. The van der Waals surface area contributed by atoms with Crippen molar-refractivity contribution in [1.29, 1.82) is 0 Å². The standard InChI is InChI=1S/C17H23NO3/c1-3-15(18-5-7-19-8-6-18)4-2-13(1)16-11-14(16)12-17-20-9-10-21-17/h1-4,14,16-17H,5-12H2. The van der Waals surface area contributed by atoms with Crippen molar-refractivity contribution in [2.75, 3.05) is 44.4 Å². The van der Waals surface area contributed by atoms with Crippen molar-refractivity contribution in [2.45, 2.75) is 25.0 Å². The van der Waals surface area contributed by atoms with Crippen LogP contribution in [-0.2, 0) is 14.2 Å². The lowest BCUT2D eigenvalue weighted by molar-refractivity contribution is -0.0505. The highest BCUT2D eigenvalue weighted by molar-refractivity contribution is 5.49. The Kier molecular flexibility index (Phi) is 3.84. The SMILES string of the molecule is c1cc(N2CCOCC2)ccc1C1CC1CC1OCCO1. The summed E-state index contributed by atoms with van der Waals surface area (Å²) in [7, 11) is 0. The molecule has 21 heavy (non-hydrogen) atoms. The first-order chi connectivity index (χ1) is 10.4. The second-order valence-corrected chi connectivity index (χ2v) is 6.20. The zero-order valence-electron chi connectivity index (χ0n) is 12.4. The lowest BCUT2D eigenvalue weighted by Crippen LogP contribution is -2.36. The number of hydrogen-bond donors (Lipinski definition) is 0. The van der Waals surface area contributed by atoms with E-state index < -0.39 is 0 Å². The monoisotopic (exact) mass is 289 g/mol. The molecule has 0 spiro atoms. The van der Waals surface area contributed by atoms with E-state index in [1.165, 1.54) is 17.7 Å². The van der Waals surface area contributed by atoms with Crippen LogP contribution in [0.3, 0.4) is 0 Å². The average Bonchev–Trinajstić information content (AvgIpc) is 3.11. The summed E-state index contributed by atoms with van der Waals surface area (Å²) in [5.41, 5.74) is 2.79. The van der Waals surface area contributed by atoms with Crippen LogP contribution < -0.4 is 4.90 Å². The van der Waals surface area contributed by atoms with Crippen molar-refractivity contribution in [3.8, 4) is 0 Å². The summed E-state index contributed by atoms with van der Waals surface area (Å²) < 4.78 is 16.5. The van der Waals surface area contributed by atoms with Crippen molar-refractivity contribution in [3.63, 3.8) is 0 Å². The van der Waals surface area contributed by atoms with Gasteiger partial charge in [-0.25, -0.2) is 0 Å². The van der Waals surface area contributed by atoms with Crippen LogP contribution in [0.4, 0.5) is 5.69 Å². The van der Waals surface area contributed by atoms with Crippen molar-refractivity contribution in [2.24, 2.45) is 5.92 Å². The van der Waals surface area contributed by atoms with Crippen LogP contribution in [0.1, 0.15) is 24.3 Å². The fraction of sp³-hybridized carbons (Fsp3) is 0.647. The van der Waals surface area contributed by atoms with Gasteiger partial charge in [-0.1, -0.05) is 12.1 Å². The van der Waals surface area contributed by atoms with E-state index in [-0.39, 0.29) is 6.29 Å². The molecular weight excluding hydrogens is 266 g/mol. The molecule has 3 fully saturated rings. The van der Waals surface area contributed by atoms with Crippen LogP contribution >= 0.6 is 0 Å². The Morgan fingerprint density at radius 2 is 1.67 bits per heavy atom. The quantitative estimate of drug-likeness (QED) is 0.851. The van der Waals surface area contributed by atoms with Gasteiger partial charge in [-0.2, -0.15) is 0 Å². The van der Waals surface area contributed by atoms with Gasteiger partial charge in [0.15, 0.2) is 6.29 Å². The van der Waals surface area contributed by atoms with E-state index in [1.807, 2.05) is 0 Å². The highest BCUT2D eigenvalue weighted by atomic mass is 16.7. The Balaban J connectivity index is 1.34. The van der Waals surface area contributed by atoms with Crippen molar-refractivity contribution < 1.29 is 14.2 Å². The number of rotatable bonds is 4. The van der Waals surface area contributed by atoms with Gasteiger partial charge in [0, 0.05) is 25.2 Å². The Morgan fingerprint density at radius 3 is 2.38 bits per heavy atom. The molecule has 114 valence electrons. The number of anilines is 1. The zero-order chi connectivity index (χ0) is 14.1. The number of benzene rings is 1. The minimum atomic E-state index is 0.0487. The van der Waals surface area contributed by atoms with Crippen LogP contribution in [0.5, 0.6) is 0 Å². The molecule has 0 bridgehead atoms. The zero-order valence-corrected chi connectivity index (χ0v) is 12.4. The van der Waals surface area contributed by atoms with E-state index >= 15 is 0 Å². The highest BCUT2D eigenvalue weighted by Gasteiger charge is 2.40. The molecule has 1 aliphatic carbocycles. The summed E-state index contributed by atoms with van der Waals surface area (Å²) in [6, 6.07) is 9.12. The summed E-state index contributed by atoms with van der Waals surface area (Å²) in [6.45, 7) is 5.21. The predicted molar refractivity (Wildman–Crippen MR) is 80.6 cm³/mol. The smallest absolute Gasteiger partial charge is 0.158 e. The van der Waals surface area contributed by atoms with Gasteiger partial charge in [-0.05, 0) is 36.0 Å². The summed E-state index contributed by atoms with van der Waals surface area (Å²) in [5.74, 6) is 1.44. The normalized spacial score (nSPS) is 29.8. The van der Waals surface area contributed by atoms with E-state index in [1.54, 1.807) is 0 Å². The Morgan fingerprint density at radius 1 is 0.952 bits per heavy atom. The highest BCUT2D eigenvalue weighted by Crippen LogP contribution is 2.50. The Hall–Kier alpha value is -1.10.